The zero-order valence-electron chi connectivity index (χ0n) is 8.76. The summed E-state index contributed by atoms with van der Waals surface area (Å²) in [6.45, 7) is 10.6. The highest BCUT2D eigenvalue weighted by Gasteiger charge is 2.11. The maximum atomic E-state index is 4.43. The van der Waals surface area contributed by atoms with Crippen molar-refractivity contribution in [2.75, 3.05) is 0 Å². The molecular formula is C9H16N2S2. The summed E-state index contributed by atoms with van der Waals surface area (Å²) in [6.07, 6.45) is 0. The van der Waals surface area contributed by atoms with Crippen molar-refractivity contribution >= 4 is 23.3 Å². The van der Waals surface area contributed by atoms with Crippen molar-refractivity contribution in [3.63, 3.8) is 0 Å². The van der Waals surface area contributed by atoms with Crippen LogP contribution < -0.4 is 4.72 Å². The second-order valence-corrected chi connectivity index (χ2v) is 6.33. The molecule has 0 fully saturated rings. The Hall–Kier alpha value is -0.0600. The molecule has 0 amide bonds. The molecule has 0 aliphatic heterocycles. The third-order valence-corrected chi connectivity index (χ3v) is 3.80. The van der Waals surface area contributed by atoms with Crippen molar-refractivity contribution in [3.05, 3.63) is 10.6 Å². The predicted molar refractivity (Wildman–Crippen MR) is 60.3 cm³/mol. The fourth-order valence-electron chi connectivity index (χ4n) is 0.684. The molecule has 0 aliphatic rings. The van der Waals surface area contributed by atoms with Crippen LogP contribution in [0.2, 0.25) is 0 Å². The summed E-state index contributed by atoms with van der Waals surface area (Å²) in [4.78, 5) is 5.74. The molecule has 1 rings (SSSR count). The molecule has 0 saturated heterocycles. The lowest BCUT2D eigenvalue weighted by Crippen LogP contribution is -2.29. The quantitative estimate of drug-likeness (QED) is 0.769. The topological polar surface area (TPSA) is 24.9 Å². The van der Waals surface area contributed by atoms with E-state index in [-0.39, 0.29) is 5.54 Å². The predicted octanol–water partition coefficient (Wildman–Crippen LogP) is 3.16. The summed E-state index contributed by atoms with van der Waals surface area (Å²) in [7, 11) is 0. The molecule has 1 aromatic heterocycles. The lowest BCUT2D eigenvalue weighted by molar-refractivity contribution is 0.535. The zero-order chi connectivity index (χ0) is 10.1. The van der Waals surface area contributed by atoms with Crippen LogP contribution in [0.1, 0.15) is 31.3 Å². The number of aryl methyl sites for hydroxylation is 2. The average Bonchev–Trinajstić information content (AvgIpc) is 2.27. The van der Waals surface area contributed by atoms with Crippen molar-refractivity contribution in [1.29, 1.82) is 0 Å². The van der Waals surface area contributed by atoms with Crippen LogP contribution in [0.5, 0.6) is 0 Å². The van der Waals surface area contributed by atoms with Gasteiger partial charge in [-0.1, -0.05) is 0 Å². The zero-order valence-corrected chi connectivity index (χ0v) is 10.4. The van der Waals surface area contributed by atoms with Gasteiger partial charge in [0.15, 0.2) is 4.34 Å². The highest BCUT2D eigenvalue weighted by molar-refractivity contribution is 7.99. The van der Waals surface area contributed by atoms with Gasteiger partial charge in [0.1, 0.15) is 0 Å². The lowest BCUT2D eigenvalue weighted by atomic mass is 10.1. The monoisotopic (exact) mass is 216 g/mol. The Labute approximate surface area is 88.3 Å². The van der Waals surface area contributed by atoms with Gasteiger partial charge < -0.3 is 0 Å². The molecule has 2 nitrogen and oxygen atoms in total. The molecule has 13 heavy (non-hydrogen) atoms. The summed E-state index contributed by atoms with van der Waals surface area (Å²) in [6, 6.07) is 0. The number of nitrogens with one attached hydrogen (secondary N) is 1. The van der Waals surface area contributed by atoms with Gasteiger partial charge in [0, 0.05) is 10.4 Å². The molecule has 1 heterocycles. The van der Waals surface area contributed by atoms with Crippen LogP contribution in [0.3, 0.4) is 0 Å². The minimum atomic E-state index is 0.137. The largest absolute Gasteiger partial charge is 0.253 e. The van der Waals surface area contributed by atoms with Gasteiger partial charge in [-0.05, 0) is 46.6 Å². The smallest absolute Gasteiger partial charge is 0.165 e. The Morgan fingerprint density at radius 2 is 1.92 bits per heavy atom. The molecule has 0 saturated carbocycles. The second-order valence-electron chi connectivity index (χ2n) is 4.08. The minimum Gasteiger partial charge on any atom is -0.253 e. The third kappa shape index (κ3) is 3.67. The first kappa shape index (κ1) is 11.0. The van der Waals surface area contributed by atoms with Gasteiger partial charge in [0.2, 0.25) is 0 Å². The van der Waals surface area contributed by atoms with Crippen LogP contribution in [-0.2, 0) is 0 Å². The maximum absolute atomic E-state index is 4.43. The van der Waals surface area contributed by atoms with Gasteiger partial charge in [-0.2, -0.15) is 0 Å². The van der Waals surface area contributed by atoms with E-state index >= 15 is 0 Å². The molecule has 0 spiro atoms. The summed E-state index contributed by atoms with van der Waals surface area (Å²) in [5.74, 6) is 0. The summed E-state index contributed by atoms with van der Waals surface area (Å²) in [5, 5.41) is 0. The Balaban J connectivity index is 2.56. The number of hydrogen-bond acceptors (Lipinski definition) is 4. The first-order valence-electron chi connectivity index (χ1n) is 4.26. The lowest BCUT2D eigenvalue weighted by Gasteiger charge is -2.17. The molecule has 0 bridgehead atoms. The molecule has 0 aromatic carbocycles. The molecule has 1 aromatic rings. The van der Waals surface area contributed by atoms with Gasteiger partial charge in [0.25, 0.3) is 0 Å². The van der Waals surface area contributed by atoms with Gasteiger partial charge in [-0.15, -0.1) is 11.3 Å². The van der Waals surface area contributed by atoms with E-state index in [0.717, 1.165) is 10.0 Å². The van der Waals surface area contributed by atoms with E-state index in [4.69, 9.17) is 0 Å². The third-order valence-electron chi connectivity index (χ3n) is 1.45. The van der Waals surface area contributed by atoms with Crippen LogP contribution in [0, 0.1) is 13.8 Å². The Morgan fingerprint density at radius 1 is 1.31 bits per heavy atom. The molecule has 0 unspecified atom stereocenters. The van der Waals surface area contributed by atoms with Crippen LogP contribution in [-0.4, -0.2) is 10.5 Å². The normalized spacial score (nSPS) is 12.1. The molecule has 0 atom stereocenters. The fraction of sp³-hybridized carbons (Fsp3) is 0.667. The summed E-state index contributed by atoms with van der Waals surface area (Å²) < 4.78 is 4.45. The van der Waals surface area contributed by atoms with E-state index in [1.807, 2.05) is 6.92 Å². The highest BCUT2D eigenvalue weighted by atomic mass is 32.2. The highest BCUT2D eigenvalue weighted by Crippen LogP contribution is 2.25. The van der Waals surface area contributed by atoms with Crippen LogP contribution in [0.4, 0.5) is 0 Å². The SMILES string of the molecule is Cc1nc(SNC(C)(C)C)sc1C. The Bertz CT molecular complexity index is 267. The number of aromatic nitrogens is 1. The van der Waals surface area contributed by atoms with Crippen molar-refractivity contribution in [2.45, 2.75) is 44.5 Å². The maximum Gasteiger partial charge on any atom is 0.165 e. The molecular weight excluding hydrogens is 200 g/mol. The number of nitrogens with zero attached hydrogens (tertiary/aromatic N) is 1. The van der Waals surface area contributed by atoms with Crippen molar-refractivity contribution in [2.24, 2.45) is 0 Å². The van der Waals surface area contributed by atoms with Crippen molar-refractivity contribution in [3.8, 4) is 0 Å². The van der Waals surface area contributed by atoms with Crippen molar-refractivity contribution in [1.82, 2.24) is 9.71 Å². The standard InChI is InChI=1S/C9H16N2S2/c1-6-7(2)12-8(10-6)13-11-9(3,4)5/h11H,1-5H3. The molecule has 0 radical (unpaired) electrons. The molecule has 74 valence electrons. The van der Waals surface area contributed by atoms with Crippen LogP contribution in [0.15, 0.2) is 4.34 Å². The van der Waals surface area contributed by atoms with Gasteiger partial charge in [0.05, 0.1) is 5.69 Å². The minimum absolute atomic E-state index is 0.137. The fourth-order valence-corrected chi connectivity index (χ4v) is 2.56. The first-order valence-corrected chi connectivity index (χ1v) is 5.90. The van der Waals surface area contributed by atoms with Gasteiger partial charge >= 0.3 is 0 Å². The Morgan fingerprint density at radius 3 is 2.31 bits per heavy atom. The number of thiazole rings is 1. The Kier molecular flexibility index (Phi) is 3.38. The van der Waals surface area contributed by atoms with E-state index in [9.17, 15) is 0 Å². The average molecular weight is 216 g/mol. The number of rotatable bonds is 2. The molecule has 4 heteroatoms. The summed E-state index contributed by atoms with van der Waals surface area (Å²) in [5.41, 5.74) is 1.28. The molecule has 0 aliphatic carbocycles. The van der Waals surface area contributed by atoms with E-state index in [1.54, 1.807) is 23.3 Å². The van der Waals surface area contributed by atoms with E-state index in [0.29, 0.717) is 0 Å². The van der Waals surface area contributed by atoms with Crippen LogP contribution in [0.25, 0.3) is 0 Å². The number of hydrogen-bond donors (Lipinski definition) is 1. The van der Waals surface area contributed by atoms with E-state index in [1.165, 1.54) is 4.88 Å². The van der Waals surface area contributed by atoms with Crippen molar-refractivity contribution < 1.29 is 0 Å². The first-order chi connectivity index (χ1) is 5.88. The van der Waals surface area contributed by atoms with Gasteiger partial charge in [-0.3, -0.25) is 4.72 Å². The summed E-state index contributed by atoms with van der Waals surface area (Å²) >= 11 is 3.36. The molecule has 1 N–H and O–H groups in total. The van der Waals surface area contributed by atoms with E-state index in [2.05, 4.69) is 37.4 Å². The van der Waals surface area contributed by atoms with E-state index < -0.39 is 0 Å². The second kappa shape index (κ2) is 3.98. The van der Waals surface area contributed by atoms with Gasteiger partial charge in [-0.25, -0.2) is 4.98 Å². The van der Waals surface area contributed by atoms with Crippen LogP contribution >= 0.6 is 23.3 Å².